The monoisotopic (exact) mass is 290 g/mol. The summed E-state index contributed by atoms with van der Waals surface area (Å²) in [4.78, 5) is 0. The van der Waals surface area contributed by atoms with E-state index >= 15 is 0 Å². The first-order chi connectivity index (χ1) is 8.72. The molecule has 5 nitrogen and oxygen atoms in total. The number of fused-ring (bicyclic) bond motifs is 2. The van der Waals surface area contributed by atoms with Crippen molar-refractivity contribution in [1.82, 2.24) is 9.03 Å². The summed E-state index contributed by atoms with van der Waals surface area (Å²) >= 11 is 0. The summed E-state index contributed by atoms with van der Waals surface area (Å²) < 4.78 is 35.3. The Balaban J connectivity index is 2.16. The van der Waals surface area contributed by atoms with Crippen LogP contribution in [0.1, 0.15) is 53.4 Å². The molecule has 0 spiro atoms. The van der Waals surface area contributed by atoms with Gasteiger partial charge in [-0.15, -0.1) is 0 Å². The smallest absolute Gasteiger partial charge is 0.280 e. The maximum Gasteiger partial charge on any atom is 0.280 e. The van der Waals surface area contributed by atoms with Gasteiger partial charge in [0.1, 0.15) is 0 Å². The summed E-state index contributed by atoms with van der Waals surface area (Å²) in [6, 6.07) is -0.0313. The second-order valence-electron chi connectivity index (χ2n) is 6.45. The van der Waals surface area contributed by atoms with Gasteiger partial charge < -0.3 is 4.74 Å². The van der Waals surface area contributed by atoms with Crippen LogP contribution in [0, 0.1) is 0 Å². The van der Waals surface area contributed by atoms with Gasteiger partial charge in [0, 0.05) is 12.6 Å². The summed E-state index contributed by atoms with van der Waals surface area (Å²) in [6.07, 6.45) is 3.71. The highest BCUT2D eigenvalue weighted by Gasteiger charge is 2.52. The molecule has 0 amide bonds. The number of rotatable bonds is 5. The molecule has 1 N–H and O–H groups in total. The number of ether oxygens (including phenoxy) is 1. The molecule has 2 fully saturated rings. The SMILES string of the molecule is CCN(C(C)C)S(=O)(=O)NC12CCCC(C)(C1)OC2. The molecule has 0 aromatic rings. The Labute approximate surface area is 116 Å². The quantitative estimate of drug-likeness (QED) is 0.837. The third-order valence-corrected chi connectivity index (χ3v) is 6.30. The minimum Gasteiger partial charge on any atom is -0.373 e. The molecule has 2 atom stereocenters. The molecule has 2 rings (SSSR count). The maximum atomic E-state index is 12.5. The molecule has 2 aliphatic rings. The maximum absolute atomic E-state index is 12.5. The van der Waals surface area contributed by atoms with Gasteiger partial charge in [0.2, 0.25) is 0 Å². The first-order valence-electron chi connectivity index (χ1n) is 7.17. The van der Waals surface area contributed by atoms with E-state index < -0.39 is 15.7 Å². The summed E-state index contributed by atoms with van der Waals surface area (Å²) in [5.74, 6) is 0. The Hall–Kier alpha value is -0.170. The first kappa shape index (κ1) is 15.2. The average molecular weight is 290 g/mol. The number of nitrogens with zero attached hydrogens (tertiary/aromatic N) is 1. The van der Waals surface area contributed by atoms with Crippen LogP contribution in [-0.4, -0.2) is 43.1 Å². The zero-order valence-electron chi connectivity index (χ0n) is 12.4. The van der Waals surface area contributed by atoms with Crippen LogP contribution in [0.3, 0.4) is 0 Å². The lowest BCUT2D eigenvalue weighted by Crippen LogP contribution is -2.56. The second kappa shape index (κ2) is 4.98. The predicted molar refractivity (Wildman–Crippen MR) is 75.1 cm³/mol. The molecular formula is C13H26N2O3S. The normalized spacial score (nSPS) is 35.3. The van der Waals surface area contributed by atoms with Gasteiger partial charge in [-0.1, -0.05) is 6.92 Å². The van der Waals surface area contributed by atoms with Crippen molar-refractivity contribution in [3.8, 4) is 0 Å². The zero-order chi connectivity index (χ0) is 14.3. The minimum atomic E-state index is -3.44. The van der Waals surface area contributed by atoms with E-state index in [2.05, 4.69) is 11.6 Å². The van der Waals surface area contributed by atoms with Crippen LogP contribution >= 0.6 is 0 Å². The minimum absolute atomic E-state index is 0.0313. The van der Waals surface area contributed by atoms with Gasteiger partial charge >= 0.3 is 0 Å². The molecule has 112 valence electrons. The Kier molecular flexibility index (Phi) is 3.99. The summed E-state index contributed by atoms with van der Waals surface area (Å²) in [7, 11) is -3.44. The highest BCUT2D eigenvalue weighted by molar-refractivity contribution is 7.87. The van der Waals surface area contributed by atoms with Gasteiger partial charge in [0.25, 0.3) is 10.2 Å². The molecule has 1 aliphatic carbocycles. The lowest BCUT2D eigenvalue weighted by atomic mass is 9.78. The molecule has 0 aromatic carbocycles. The van der Waals surface area contributed by atoms with E-state index in [1.165, 1.54) is 4.31 Å². The number of nitrogens with one attached hydrogen (secondary N) is 1. The van der Waals surface area contributed by atoms with Crippen LogP contribution in [0.5, 0.6) is 0 Å². The molecule has 6 heteroatoms. The van der Waals surface area contributed by atoms with Gasteiger partial charge in [-0.3, -0.25) is 0 Å². The third-order valence-electron chi connectivity index (χ3n) is 4.31. The standard InChI is InChI=1S/C13H26N2O3S/c1-5-15(11(2)3)19(16,17)14-13-8-6-7-12(4,9-13)18-10-13/h11,14H,5-10H2,1-4H3. The topological polar surface area (TPSA) is 58.6 Å². The highest BCUT2D eigenvalue weighted by atomic mass is 32.2. The molecular weight excluding hydrogens is 264 g/mol. The Bertz CT molecular complexity index is 437. The predicted octanol–water partition coefficient (Wildman–Crippen LogP) is 1.65. The van der Waals surface area contributed by atoms with Crippen LogP contribution in [-0.2, 0) is 14.9 Å². The largest absolute Gasteiger partial charge is 0.373 e. The van der Waals surface area contributed by atoms with Crippen molar-refractivity contribution in [2.45, 2.75) is 70.6 Å². The first-order valence-corrected chi connectivity index (χ1v) is 8.61. The van der Waals surface area contributed by atoms with Crippen molar-refractivity contribution < 1.29 is 13.2 Å². The molecule has 0 aromatic heterocycles. The fraction of sp³-hybridized carbons (Fsp3) is 1.00. The fourth-order valence-electron chi connectivity index (χ4n) is 3.51. The molecule has 1 saturated carbocycles. The van der Waals surface area contributed by atoms with Crippen molar-refractivity contribution in [3.63, 3.8) is 0 Å². The molecule has 1 aliphatic heterocycles. The van der Waals surface area contributed by atoms with E-state index in [9.17, 15) is 8.42 Å². The third kappa shape index (κ3) is 2.96. The molecule has 0 radical (unpaired) electrons. The van der Waals surface area contributed by atoms with Gasteiger partial charge in [0.05, 0.1) is 17.7 Å². The Morgan fingerprint density at radius 1 is 1.37 bits per heavy atom. The van der Waals surface area contributed by atoms with Gasteiger partial charge in [0.15, 0.2) is 0 Å². The van der Waals surface area contributed by atoms with Crippen LogP contribution in [0.25, 0.3) is 0 Å². The molecule has 19 heavy (non-hydrogen) atoms. The van der Waals surface area contributed by atoms with Crippen molar-refractivity contribution >= 4 is 10.2 Å². The number of hydrogen-bond acceptors (Lipinski definition) is 3. The summed E-state index contributed by atoms with van der Waals surface area (Å²) in [5, 5.41) is 0. The summed E-state index contributed by atoms with van der Waals surface area (Å²) in [6.45, 7) is 8.74. The second-order valence-corrected chi connectivity index (χ2v) is 8.08. The van der Waals surface area contributed by atoms with Crippen molar-refractivity contribution in [1.29, 1.82) is 0 Å². The van der Waals surface area contributed by atoms with Gasteiger partial charge in [-0.25, -0.2) is 0 Å². The molecule has 2 bridgehead atoms. The summed E-state index contributed by atoms with van der Waals surface area (Å²) in [5.41, 5.74) is -0.538. The number of hydrogen-bond donors (Lipinski definition) is 1. The van der Waals surface area contributed by atoms with Crippen molar-refractivity contribution in [3.05, 3.63) is 0 Å². The van der Waals surface area contributed by atoms with E-state index in [1.807, 2.05) is 20.8 Å². The fourth-order valence-corrected chi connectivity index (χ4v) is 5.31. The van der Waals surface area contributed by atoms with E-state index in [1.54, 1.807) is 0 Å². The Morgan fingerprint density at radius 3 is 2.63 bits per heavy atom. The zero-order valence-corrected chi connectivity index (χ0v) is 13.2. The lowest BCUT2D eigenvalue weighted by Gasteiger charge is -2.37. The van der Waals surface area contributed by atoms with Crippen molar-refractivity contribution in [2.24, 2.45) is 0 Å². The van der Waals surface area contributed by atoms with Gasteiger partial charge in [-0.2, -0.15) is 17.4 Å². The van der Waals surface area contributed by atoms with Crippen LogP contribution in [0.2, 0.25) is 0 Å². The highest BCUT2D eigenvalue weighted by Crippen LogP contribution is 2.44. The van der Waals surface area contributed by atoms with Crippen molar-refractivity contribution in [2.75, 3.05) is 13.2 Å². The molecule has 2 unspecified atom stereocenters. The molecule has 1 saturated heterocycles. The van der Waals surface area contributed by atoms with Crippen LogP contribution in [0.15, 0.2) is 0 Å². The van der Waals surface area contributed by atoms with E-state index in [0.29, 0.717) is 13.2 Å². The molecule has 1 heterocycles. The van der Waals surface area contributed by atoms with Crippen LogP contribution < -0.4 is 4.72 Å². The average Bonchev–Trinajstić information content (AvgIpc) is 2.47. The lowest BCUT2D eigenvalue weighted by molar-refractivity contribution is 0.0148. The van der Waals surface area contributed by atoms with Gasteiger partial charge in [-0.05, 0) is 46.5 Å². The van der Waals surface area contributed by atoms with E-state index in [-0.39, 0.29) is 11.6 Å². The van der Waals surface area contributed by atoms with E-state index in [0.717, 1.165) is 25.7 Å². The van der Waals surface area contributed by atoms with Crippen LogP contribution in [0.4, 0.5) is 0 Å². The van der Waals surface area contributed by atoms with E-state index in [4.69, 9.17) is 4.74 Å². The Morgan fingerprint density at radius 2 is 2.05 bits per heavy atom.